The number of nitrogens with one attached hydrogen (secondary N) is 1. The molecular formula is C12H14N2O3. The number of furan rings is 1. The van der Waals surface area contributed by atoms with Crippen LogP contribution in [0.2, 0.25) is 0 Å². The van der Waals surface area contributed by atoms with E-state index in [1.54, 1.807) is 0 Å². The second kappa shape index (κ2) is 4.45. The summed E-state index contributed by atoms with van der Waals surface area (Å²) in [5.41, 5.74) is 2.50. The largest absolute Gasteiger partial charge is 0.481 e. The van der Waals surface area contributed by atoms with E-state index in [2.05, 4.69) is 10.2 Å². The van der Waals surface area contributed by atoms with Crippen molar-refractivity contribution in [2.75, 3.05) is 0 Å². The standard InChI is InChI=1S/C12H14N2O3/c1-7-3-5-10(17-7)12-8(2)13-14-9(12)4-6-11(15)16/h3,5H,4,6H2,1-2H3,(H,13,14)(H,15,16). The van der Waals surface area contributed by atoms with Crippen LogP contribution in [0.5, 0.6) is 0 Å². The second-order valence-corrected chi connectivity index (χ2v) is 3.97. The molecule has 2 heterocycles. The fraction of sp³-hybridized carbons (Fsp3) is 0.333. The Balaban J connectivity index is 2.32. The van der Waals surface area contributed by atoms with Gasteiger partial charge >= 0.3 is 5.97 Å². The number of rotatable bonds is 4. The van der Waals surface area contributed by atoms with E-state index in [1.165, 1.54) is 0 Å². The quantitative estimate of drug-likeness (QED) is 0.850. The number of aryl methyl sites for hydroxylation is 3. The Bertz CT molecular complexity index is 540. The van der Waals surface area contributed by atoms with Crippen LogP contribution in [0.4, 0.5) is 0 Å². The molecule has 90 valence electrons. The van der Waals surface area contributed by atoms with Crippen molar-refractivity contribution in [2.24, 2.45) is 0 Å². The molecule has 2 rings (SSSR count). The predicted molar refractivity (Wildman–Crippen MR) is 61.7 cm³/mol. The van der Waals surface area contributed by atoms with Gasteiger partial charge in [0, 0.05) is 12.1 Å². The van der Waals surface area contributed by atoms with Gasteiger partial charge in [0.25, 0.3) is 0 Å². The van der Waals surface area contributed by atoms with Crippen molar-refractivity contribution in [1.82, 2.24) is 10.2 Å². The Hall–Kier alpha value is -2.04. The number of nitrogens with zero attached hydrogens (tertiary/aromatic N) is 1. The molecule has 0 aliphatic rings. The van der Waals surface area contributed by atoms with Crippen molar-refractivity contribution >= 4 is 5.97 Å². The van der Waals surface area contributed by atoms with Gasteiger partial charge < -0.3 is 9.52 Å². The third-order valence-corrected chi connectivity index (χ3v) is 2.58. The number of hydrogen-bond donors (Lipinski definition) is 2. The highest BCUT2D eigenvalue weighted by Gasteiger charge is 2.16. The van der Waals surface area contributed by atoms with Gasteiger partial charge in [0.2, 0.25) is 0 Å². The number of aliphatic carboxylic acids is 1. The van der Waals surface area contributed by atoms with Gasteiger partial charge in [-0.2, -0.15) is 5.10 Å². The van der Waals surface area contributed by atoms with Gasteiger partial charge in [-0.25, -0.2) is 0 Å². The molecule has 0 saturated heterocycles. The van der Waals surface area contributed by atoms with E-state index in [1.807, 2.05) is 26.0 Å². The Morgan fingerprint density at radius 2 is 2.24 bits per heavy atom. The molecule has 5 heteroatoms. The van der Waals surface area contributed by atoms with E-state index in [9.17, 15) is 4.79 Å². The number of aromatic amines is 1. The summed E-state index contributed by atoms with van der Waals surface area (Å²) in [5.74, 6) is 0.728. The first-order valence-corrected chi connectivity index (χ1v) is 5.40. The molecular weight excluding hydrogens is 220 g/mol. The van der Waals surface area contributed by atoms with Crippen LogP contribution in [0.15, 0.2) is 16.5 Å². The van der Waals surface area contributed by atoms with E-state index in [-0.39, 0.29) is 6.42 Å². The highest BCUT2D eigenvalue weighted by molar-refractivity contribution is 5.69. The van der Waals surface area contributed by atoms with Crippen molar-refractivity contribution in [1.29, 1.82) is 0 Å². The molecule has 0 saturated carbocycles. The molecule has 0 atom stereocenters. The Morgan fingerprint density at radius 1 is 1.47 bits per heavy atom. The van der Waals surface area contributed by atoms with Crippen molar-refractivity contribution in [3.05, 3.63) is 29.3 Å². The molecule has 0 unspecified atom stereocenters. The molecule has 0 bridgehead atoms. The summed E-state index contributed by atoms with van der Waals surface area (Å²) in [5, 5.41) is 15.7. The van der Waals surface area contributed by atoms with Gasteiger partial charge in [0.15, 0.2) is 0 Å². The summed E-state index contributed by atoms with van der Waals surface area (Å²) in [7, 11) is 0. The zero-order valence-electron chi connectivity index (χ0n) is 9.78. The molecule has 0 aromatic carbocycles. The lowest BCUT2D eigenvalue weighted by Crippen LogP contribution is -1.98. The molecule has 2 N–H and O–H groups in total. The summed E-state index contributed by atoms with van der Waals surface area (Å²) >= 11 is 0. The van der Waals surface area contributed by atoms with Crippen LogP contribution in [0.3, 0.4) is 0 Å². The lowest BCUT2D eigenvalue weighted by molar-refractivity contribution is -0.136. The maximum absolute atomic E-state index is 10.6. The zero-order chi connectivity index (χ0) is 12.4. The minimum absolute atomic E-state index is 0.0665. The molecule has 0 amide bonds. The van der Waals surface area contributed by atoms with Crippen LogP contribution in [-0.2, 0) is 11.2 Å². The number of carboxylic acids is 1. The fourth-order valence-corrected chi connectivity index (χ4v) is 1.78. The number of carbonyl (C=O) groups is 1. The zero-order valence-corrected chi connectivity index (χ0v) is 9.78. The first kappa shape index (κ1) is 11.4. The van der Waals surface area contributed by atoms with Crippen LogP contribution in [-0.4, -0.2) is 21.3 Å². The number of aromatic nitrogens is 2. The molecule has 2 aromatic heterocycles. The predicted octanol–water partition coefficient (Wildman–Crippen LogP) is 2.30. The molecule has 2 aromatic rings. The van der Waals surface area contributed by atoms with Gasteiger partial charge in [-0.05, 0) is 26.0 Å². The molecule has 0 fully saturated rings. The molecule has 0 radical (unpaired) electrons. The van der Waals surface area contributed by atoms with E-state index in [0.717, 1.165) is 28.5 Å². The Morgan fingerprint density at radius 3 is 2.82 bits per heavy atom. The summed E-state index contributed by atoms with van der Waals surface area (Å²) in [6, 6.07) is 3.75. The van der Waals surface area contributed by atoms with Crippen LogP contribution >= 0.6 is 0 Å². The topological polar surface area (TPSA) is 79.1 Å². The van der Waals surface area contributed by atoms with Crippen LogP contribution in [0.1, 0.15) is 23.6 Å². The molecule has 0 spiro atoms. The summed E-state index contributed by atoms with van der Waals surface area (Å²) in [6.45, 7) is 3.76. The molecule has 0 aliphatic heterocycles. The van der Waals surface area contributed by atoms with Gasteiger partial charge in [0.05, 0.1) is 17.7 Å². The SMILES string of the molecule is Cc1ccc(-c2c(CCC(=O)O)n[nH]c2C)o1. The van der Waals surface area contributed by atoms with Crippen molar-refractivity contribution < 1.29 is 14.3 Å². The monoisotopic (exact) mass is 234 g/mol. The minimum atomic E-state index is -0.827. The van der Waals surface area contributed by atoms with Gasteiger partial charge in [-0.1, -0.05) is 0 Å². The first-order valence-electron chi connectivity index (χ1n) is 5.40. The lowest BCUT2D eigenvalue weighted by atomic mass is 10.1. The Labute approximate surface area is 98.5 Å². The van der Waals surface area contributed by atoms with Crippen molar-refractivity contribution in [2.45, 2.75) is 26.7 Å². The van der Waals surface area contributed by atoms with Crippen molar-refractivity contribution in [3.63, 3.8) is 0 Å². The smallest absolute Gasteiger partial charge is 0.303 e. The summed E-state index contributed by atoms with van der Waals surface area (Å²) in [4.78, 5) is 10.6. The van der Waals surface area contributed by atoms with Gasteiger partial charge in [-0.3, -0.25) is 9.89 Å². The maximum Gasteiger partial charge on any atom is 0.303 e. The van der Waals surface area contributed by atoms with E-state index < -0.39 is 5.97 Å². The summed E-state index contributed by atoms with van der Waals surface area (Å²) < 4.78 is 5.55. The van der Waals surface area contributed by atoms with Crippen LogP contribution in [0, 0.1) is 13.8 Å². The van der Waals surface area contributed by atoms with Crippen LogP contribution in [0.25, 0.3) is 11.3 Å². The summed E-state index contributed by atoms with van der Waals surface area (Å²) in [6.07, 6.45) is 0.464. The minimum Gasteiger partial charge on any atom is -0.481 e. The molecule has 17 heavy (non-hydrogen) atoms. The van der Waals surface area contributed by atoms with Crippen LogP contribution < -0.4 is 0 Å². The van der Waals surface area contributed by atoms with Gasteiger partial charge in [0.1, 0.15) is 11.5 Å². The normalized spacial score (nSPS) is 10.7. The van der Waals surface area contributed by atoms with E-state index in [4.69, 9.17) is 9.52 Å². The third-order valence-electron chi connectivity index (χ3n) is 2.58. The first-order chi connectivity index (χ1) is 8.08. The second-order valence-electron chi connectivity index (χ2n) is 3.97. The average molecular weight is 234 g/mol. The average Bonchev–Trinajstić information content (AvgIpc) is 2.82. The highest BCUT2D eigenvalue weighted by Crippen LogP contribution is 2.28. The van der Waals surface area contributed by atoms with Crippen molar-refractivity contribution in [3.8, 4) is 11.3 Å². The van der Waals surface area contributed by atoms with E-state index in [0.29, 0.717) is 6.42 Å². The Kier molecular flexibility index (Phi) is 2.99. The lowest BCUT2D eigenvalue weighted by Gasteiger charge is -1.99. The number of carboxylic acid groups (broad SMARTS) is 1. The maximum atomic E-state index is 10.6. The molecule has 0 aliphatic carbocycles. The number of H-pyrrole nitrogens is 1. The number of hydrogen-bond acceptors (Lipinski definition) is 3. The third kappa shape index (κ3) is 2.38. The molecule has 5 nitrogen and oxygen atoms in total. The fourth-order valence-electron chi connectivity index (χ4n) is 1.78. The van der Waals surface area contributed by atoms with Gasteiger partial charge in [-0.15, -0.1) is 0 Å². The van der Waals surface area contributed by atoms with E-state index >= 15 is 0 Å². The highest BCUT2D eigenvalue weighted by atomic mass is 16.4.